The number of para-hydroxylation sites is 1. The highest BCUT2D eigenvalue weighted by molar-refractivity contribution is 7.80. The maximum atomic E-state index is 10.8. The Kier molecular flexibility index (Phi) is 6.32. The zero-order valence-electron chi connectivity index (χ0n) is 16.0. The Bertz CT molecular complexity index is 997. The minimum atomic E-state index is -2.36. The molecule has 1 fully saturated rings. The second-order valence-corrected chi connectivity index (χ2v) is 7.22. The summed E-state index contributed by atoms with van der Waals surface area (Å²) in [6.07, 6.45) is 0. The van der Waals surface area contributed by atoms with E-state index in [1.165, 1.54) is 0 Å². The van der Waals surface area contributed by atoms with Crippen LogP contribution in [-0.2, 0) is 11.3 Å². The van der Waals surface area contributed by atoms with Gasteiger partial charge in [0.15, 0.2) is 0 Å². The highest BCUT2D eigenvalue weighted by Gasteiger charge is 2.16. The van der Waals surface area contributed by atoms with Crippen molar-refractivity contribution in [1.29, 1.82) is 0 Å². The molecule has 1 aliphatic heterocycles. The lowest BCUT2D eigenvalue weighted by atomic mass is 10.3. The maximum Gasteiger partial charge on any atom is 0.233 e. The summed E-state index contributed by atoms with van der Waals surface area (Å²) in [5, 5.41) is 9.70. The zero-order valence-corrected chi connectivity index (χ0v) is 16.9. The van der Waals surface area contributed by atoms with E-state index in [-0.39, 0.29) is 0 Å². The number of anilines is 6. The van der Waals surface area contributed by atoms with Crippen LogP contribution in [0.25, 0.3) is 0 Å². The zero-order chi connectivity index (χ0) is 20.8. The van der Waals surface area contributed by atoms with Gasteiger partial charge < -0.3 is 30.1 Å². The van der Waals surface area contributed by atoms with Crippen LogP contribution in [0.1, 0.15) is 0 Å². The highest BCUT2D eigenvalue weighted by atomic mass is 32.2. The third-order valence-corrected chi connectivity index (χ3v) is 4.80. The van der Waals surface area contributed by atoms with Gasteiger partial charge in [0.2, 0.25) is 17.8 Å². The van der Waals surface area contributed by atoms with Gasteiger partial charge in [0.25, 0.3) is 0 Å². The van der Waals surface area contributed by atoms with Gasteiger partial charge in [-0.2, -0.15) is 15.0 Å². The smallest absolute Gasteiger partial charge is 0.233 e. The summed E-state index contributed by atoms with van der Waals surface area (Å²) in [4.78, 5) is 15.8. The lowest BCUT2D eigenvalue weighted by Crippen LogP contribution is -2.44. The van der Waals surface area contributed by atoms with Crippen molar-refractivity contribution in [2.24, 2.45) is 0 Å². The molecule has 0 spiro atoms. The van der Waals surface area contributed by atoms with Gasteiger partial charge in [-0.3, -0.25) is 4.21 Å². The molecule has 1 aliphatic rings. The monoisotopic (exact) mass is 425 g/mol. The number of aromatic nitrogens is 3. The predicted octanol–water partition coefficient (Wildman–Crippen LogP) is 1.97. The molecule has 1 saturated heterocycles. The van der Waals surface area contributed by atoms with E-state index in [4.69, 9.17) is 0 Å². The van der Waals surface area contributed by atoms with Crippen molar-refractivity contribution in [3.63, 3.8) is 0 Å². The molecule has 1 atom stereocenters. The van der Waals surface area contributed by atoms with Gasteiger partial charge in [-0.25, -0.2) is 0 Å². The average Bonchev–Trinajstić information content (AvgIpc) is 2.76. The molecule has 156 valence electrons. The Morgan fingerprint density at radius 3 is 2.00 bits per heavy atom. The molecule has 10 nitrogen and oxygen atoms in total. The Labute approximate surface area is 176 Å². The van der Waals surface area contributed by atoms with Gasteiger partial charge in [0.05, 0.1) is 0 Å². The van der Waals surface area contributed by atoms with Crippen LogP contribution in [0.4, 0.5) is 34.9 Å². The summed E-state index contributed by atoms with van der Waals surface area (Å²) in [6.45, 7) is 3.35. The molecule has 1 unspecified atom stereocenters. The molecule has 1 aromatic heterocycles. The molecule has 11 heteroatoms. The third-order valence-electron chi connectivity index (χ3n) is 4.40. The Morgan fingerprint density at radius 2 is 1.40 bits per heavy atom. The van der Waals surface area contributed by atoms with E-state index in [0.717, 1.165) is 37.6 Å². The lowest BCUT2D eigenvalue weighted by Gasteiger charge is -2.27. The molecule has 0 radical (unpaired) electrons. The number of rotatable bonds is 7. The van der Waals surface area contributed by atoms with Gasteiger partial charge in [-0.15, -0.1) is 0 Å². The summed E-state index contributed by atoms with van der Waals surface area (Å²) in [7, 11) is 0. The SMILES string of the molecule is O=S([O-])Nc1ccc(Nc2nc(Nc3ccccc3)nc(N3CCNCC3)n2)cc1. The maximum absolute atomic E-state index is 10.8. The van der Waals surface area contributed by atoms with Gasteiger partial charge in [0, 0.05) is 54.5 Å². The van der Waals surface area contributed by atoms with Crippen LogP contribution in [-0.4, -0.2) is 49.9 Å². The molecule has 3 aromatic rings. The van der Waals surface area contributed by atoms with E-state index in [9.17, 15) is 8.76 Å². The van der Waals surface area contributed by atoms with E-state index in [1.54, 1.807) is 24.3 Å². The number of nitrogens with zero attached hydrogens (tertiary/aromatic N) is 4. The van der Waals surface area contributed by atoms with Gasteiger partial charge in [0.1, 0.15) is 0 Å². The number of piperazine rings is 1. The molecule has 0 aliphatic carbocycles. The van der Waals surface area contributed by atoms with Crippen LogP contribution in [0.3, 0.4) is 0 Å². The summed E-state index contributed by atoms with van der Waals surface area (Å²) in [6, 6.07) is 16.5. The molecular weight excluding hydrogens is 404 g/mol. The third kappa shape index (κ3) is 5.41. The summed E-state index contributed by atoms with van der Waals surface area (Å²) >= 11 is -2.36. The van der Waals surface area contributed by atoms with Crippen LogP contribution >= 0.6 is 0 Å². The Hall–Kier alpha value is -3.28. The Morgan fingerprint density at radius 1 is 0.833 bits per heavy atom. The standard InChI is InChI=1S/C19H22N8O2S/c28-30(29)26-16-8-6-15(7-9-16)22-18-23-17(21-14-4-2-1-3-5-14)24-19(25-18)27-12-10-20-11-13-27/h1-9,20,26H,10-13H2,(H,28,29)(H2,21,22,23,24,25)/p-1. The molecule has 30 heavy (non-hydrogen) atoms. The van der Waals surface area contributed by atoms with Gasteiger partial charge in [-0.1, -0.05) is 18.2 Å². The van der Waals surface area contributed by atoms with Crippen molar-refractivity contribution in [3.05, 3.63) is 54.6 Å². The number of benzene rings is 2. The van der Waals surface area contributed by atoms with E-state index < -0.39 is 11.3 Å². The fourth-order valence-electron chi connectivity index (χ4n) is 2.98. The van der Waals surface area contributed by atoms with Crippen molar-refractivity contribution in [2.45, 2.75) is 0 Å². The quantitative estimate of drug-likeness (QED) is 0.420. The predicted molar refractivity (Wildman–Crippen MR) is 117 cm³/mol. The van der Waals surface area contributed by atoms with Crippen molar-refractivity contribution in [2.75, 3.05) is 46.4 Å². The number of nitrogens with one attached hydrogen (secondary N) is 4. The molecule has 2 heterocycles. The second kappa shape index (κ2) is 9.48. The van der Waals surface area contributed by atoms with Crippen LogP contribution in [0.2, 0.25) is 0 Å². The molecule has 0 saturated carbocycles. The first kappa shape index (κ1) is 20.0. The lowest BCUT2D eigenvalue weighted by molar-refractivity contribution is 0.542. The average molecular weight is 425 g/mol. The number of hydrogen-bond acceptors (Lipinski definition) is 9. The van der Waals surface area contributed by atoms with Crippen LogP contribution in [0.15, 0.2) is 54.6 Å². The normalized spacial score (nSPS) is 14.8. The molecule has 2 aromatic carbocycles. The van der Waals surface area contributed by atoms with E-state index in [1.807, 2.05) is 30.3 Å². The topological polar surface area (TPSA) is 130 Å². The van der Waals surface area contributed by atoms with E-state index in [2.05, 4.69) is 40.5 Å². The van der Waals surface area contributed by atoms with Crippen LogP contribution < -0.4 is 25.6 Å². The van der Waals surface area contributed by atoms with Gasteiger partial charge in [-0.05, 0) is 36.4 Å². The molecule has 0 amide bonds. The minimum Gasteiger partial charge on any atom is -0.755 e. The number of hydrogen-bond donors (Lipinski definition) is 4. The van der Waals surface area contributed by atoms with Crippen molar-refractivity contribution in [1.82, 2.24) is 20.3 Å². The first-order valence-electron chi connectivity index (χ1n) is 9.42. The summed E-state index contributed by atoms with van der Waals surface area (Å²) in [5.41, 5.74) is 2.07. The first-order valence-corrected chi connectivity index (χ1v) is 10.5. The largest absolute Gasteiger partial charge is 0.755 e. The fourth-order valence-corrected chi connectivity index (χ4v) is 3.31. The van der Waals surface area contributed by atoms with Crippen molar-refractivity contribution in [3.8, 4) is 0 Å². The fraction of sp³-hybridized carbons (Fsp3) is 0.211. The molecule has 0 bridgehead atoms. The van der Waals surface area contributed by atoms with Crippen molar-refractivity contribution < 1.29 is 8.76 Å². The summed E-state index contributed by atoms with van der Waals surface area (Å²) < 4.78 is 23.8. The molecule has 4 N–H and O–H groups in total. The first-order chi connectivity index (χ1) is 14.7. The van der Waals surface area contributed by atoms with Gasteiger partial charge >= 0.3 is 0 Å². The summed E-state index contributed by atoms with van der Waals surface area (Å²) in [5.74, 6) is 1.42. The molecular formula is C19H21N8O2S-. The van der Waals surface area contributed by atoms with Crippen LogP contribution in [0.5, 0.6) is 0 Å². The van der Waals surface area contributed by atoms with Crippen LogP contribution in [0, 0.1) is 0 Å². The van der Waals surface area contributed by atoms with E-state index >= 15 is 0 Å². The van der Waals surface area contributed by atoms with Crippen molar-refractivity contribution >= 4 is 46.2 Å². The van der Waals surface area contributed by atoms with E-state index in [0.29, 0.717) is 23.5 Å². The molecule has 4 rings (SSSR count). The highest BCUT2D eigenvalue weighted by Crippen LogP contribution is 2.21. The second-order valence-electron chi connectivity index (χ2n) is 6.55. The minimum absolute atomic E-state index is 0.394. The Balaban J connectivity index is 1.58.